The van der Waals surface area contributed by atoms with Crippen LogP contribution < -0.4 is 24.9 Å². The number of nitrogens with zero attached hydrogens (tertiary/aromatic N) is 3. The zero-order chi connectivity index (χ0) is 31.7. The van der Waals surface area contributed by atoms with Crippen molar-refractivity contribution >= 4 is 46.3 Å². The number of rotatable bonds is 8. The van der Waals surface area contributed by atoms with Gasteiger partial charge in [-0.25, -0.2) is 4.99 Å². The number of nitro benzene ring substituents is 1. The molecular weight excluding hydrogens is 616 g/mol. The molecule has 0 radical (unpaired) electrons. The van der Waals surface area contributed by atoms with Crippen molar-refractivity contribution in [1.29, 1.82) is 0 Å². The van der Waals surface area contributed by atoms with Gasteiger partial charge in [-0.15, -0.1) is 0 Å². The molecule has 1 N–H and O–H groups in total. The Labute approximate surface area is 265 Å². The summed E-state index contributed by atoms with van der Waals surface area (Å²) in [7, 11) is 0. The Morgan fingerprint density at radius 2 is 1.89 bits per heavy atom. The van der Waals surface area contributed by atoms with Gasteiger partial charge in [-0.3, -0.25) is 24.3 Å². The normalized spacial score (nSPS) is 14.6. The van der Waals surface area contributed by atoms with Crippen molar-refractivity contribution in [2.75, 3.05) is 11.9 Å². The van der Waals surface area contributed by atoms with E-state index in [0.717, 1.165) is 11.3 Å². The number of ether oxygens (including phenoxy) is 1. The van der Waals surface area contributed by atoms with Gasteiger partial charge < -0.3 is 14.5 Å². The number of fused-ring (bicyclic) bond motifs is 1. The van der Waals surface area contributed by atoms with Gasteiger partial charge >= 0.3 is 0 Å². The molecule has 226 valence electrons. The number of non-ortho nitro benzene ring substituents is 1. The van der Waals surface area contributed by atoms with Gasteiger partial charge in [-0.1, -0.05) is 53.3 Å². The van der Waals surface area contributed by atoms with E-state index in [-0.39, 0.29) is 22.2 Å². The quantitative estimate of drug-likeness (QED) is 0.161. The lowest BCUT2D eigenvalue weighted by Gasteiger charge is -2.25. The van der Waals surface area contributed by atoms with E-state index in [4.69, 9.17) is 20.8 Å². The van der Waals surface area contributed by atoms with Gasteiger partial charge in [0.2, 0.25) is 0 Å². The molecule has 0 fully saturated rings. The van der Waals surface area contributed by atoms with Crippen LogP contribution in [0.2, 0.25) is 5.02 Å². The largest absolute Gasteiger partial charge is 0.494 e. The Morgan fingerprint density at radius 1 is 1.13 bits per heavy atom. The summed E-state index contributed by atoms with van der Waals surface area (Å²) in [5.41, 5.74) is 2.01. The van der Waals surface area contributed by atoms with Crippen LogP contribution in [0.15, 0.2) is 110 Å². The third-order valence-electron chi connectivity index (χ3n) is 7.13. The smallest absolute Gasteiger partial charge is 0.271 e. The minimum absolute atomic E-state index is 0.127. The molecule has 6 rings (SSSR count). The third-order valence-corrected chi connectivity index (χ3v) is 8.44. The number of halogens is 1. The number of furan rings is 1. The summed E-state index contributed by atoms with van der Waals surface area (Å²) < 4.78 is 13.4. The van der Waals surface area contributed by atoms with Crippen LogP contribution in [0, 0.1) is 10.1 Å². The number of nitro groups is 1. The van der Waals surface area contributed by atoms with Crippen LogP contribution in [0.4, 0.5) is 11.4 Å². The molecule has 2 aromatic heterocycles. The van der Waals surface area contributed by atoms with Crippen LogP contribution in [0.3, 0.4) is 0 Å². The van der Waals surface area contributed by atoms with Gasteiger partial charge in [0.1, 0.15) is 17.3 Å². The van der Waals surface area contributed by atoms with Crippen molar-refractivity contribution in [3.8, 4) is 17.1 Å². The number of amides is 1. The van der Waals surface area contributed by atoms with E-state index in [0.29, 0.717) is 61.3 Å². The molecule has 0 bridgehead atoms. The van der Waals surface area contributed by atoms with Crippen LogP contribution in [0.5, 0.6) is 5.75 Å². The second-order valence-corrected chi connectivity index (χ2v) is 11.4. The molecule has 0 unspecified atom stereocenters. The molecule has 1 aliphatic heterocycles. The molecule has 12 heteroatoms. The number of carbonyl (C=O) groups is 1. The highest BCUT2D eigenvalue weighted by molar-refractivity contribution is 7.07. The molecule has 0 saturated heterocycles. The molecule has 10 nitrogen and oxygen atoms in total. The second-order valence-electron chi connectivity index (χ2n) is 10.0. The Kier molecular flexibility index (Phi) is 8.20. The molecule has 0 spiro atoms. The zero-order valence-electron chi connectivity index (χ0n) is 24.0. The summed E-state index contributed by atoms with van der Waals surface area (Å²) in [6.07, 6.45) is 1.58. The number of hydrogen-bond donors (Lipinski definition) is 1. The second kappa shape index (κ2) is 12.4. The summed E-state index contributed by atoms with van der Waals surface area (Å²) in [4.78, 5) is 43.6. The van der Waals surface area contributed by atoms with E-state index in [1.807, 2.05) is 37.3 Å². The van der Waals surface area contributed by atoms with Crippen molar-refractivity contribution in [2.24, 2.45) is 4.99 Å². The molecule has 3 heterocycles. The Bertz CT molecular complexity index is 2150. The number of hydrogen-bond acceptors (Lipinski definition) is 8. The maximum atomic E-state index is 14.0. The van der Waals surface area contributed by atoms with Crippen molar-refractivity contribution in [3.63, 3.8) is 0 Å². The lowest BCUT2D eigenvalue weighted by atomic mass is 9.95. The number of para-hydroxylation sites is 1. The van der Waals surface area contributed by atoms with Crippen molar-refractivity contribution in [2.45, 2.75) is 19.9 Å². The maximum Gasteiger partial charge on any atom is 0.271 e. The zero-order valence-corrected chi connectivity index (χ0v) is 25.6. The Balaban J connectivity index is 1.44. The van der Waals surface area contributed by atoms with E-state index >= 15 is 0 Å². The van der Waals surface area contributed by atoms with Crippen LogP contribution in [0.1, 0.15) is 31.2 Å². The summed E-state index contributed by atoms with van der Waals surface area (Å²) in [5, 5.41) is 14.5. The van der Waals surface area contributed by atoms with E-state index in [2.05, 4.69) is 10.3 Å². The molecule has 5 aromatic rings. The van der Waals surface area contributed by atoms with Crippen LogP contribution in [-0.4, -0.2) is 22.0 Å². The fourth-order valence-corrected chi connectivity index (χ4v) is 6.32. The van der Waals surface area contributed by atoms with E-state index in [1.54, 1.807) is 49.4 Å². The van der Waals surface area contributed by atoms with Crippen molar-refractivity contribution in [1.82, 2.24) is 4.57 Å². The van der Waals surface area contributed by atoms with Crippen LogP contribution in [0.25, 0.3) is 17.4 Å². The lowest BCUT2D eigenvalue weighted by molar-refractivity contribution is -0.384. The van der Waals surface area contributed by atoms with Crippen LogP contribution in [-0.2, 0) is 4.79 Å². The number of allylic oxidation sites excluding steroid dienone is 1. The molecule has 0 aliphatic carbocycles. The molecule has 1 atom stereocenters. The summed E-state index contributed by atoms with van der Waals surface area (Å²) >= 11 is 7.47. The average molecular weight is 641 g/mol. The number of anilines is 1. The number of thiazole rings is 1. The first-order valence-electron chi connectivity index (χ1n) is 13.9. The highest BCUT2D eigenvalue weighted by Crippen LogP contribution is 2.34. The first-order valence-corrected chi connectivity index (χ1v) is 15.1. The average Bonchev–Trinajstić information content (AvgIpc) is 3.61. The molecule has 3 aromatic carbocycles. The monoisotopic (exact) mass is 640 g/mol. The minimum Gasteiger partial charge on any atom is -0.494 e. The topological polar surface area (TPSA) is 129 Å². The first-order chi connectivity index (χ1) is 21.7. The van der Waals surface area contributed by atoms with Gasteiger partial charge in [-0.2, -0.15) is 0 Å². The van der Waals surface area contributed by atoms with Gasteiger partial charge in [0.15, 0.2) is 4.80 Å². The summed E-state index contributed by atoms with van der Waals surface area (Å²) in [6, 6.07) is 23.0. The minimum atomic E-state index is -0.765. The van der Waals surface area contributed by atoms with Crippen molar-refractivity contribution < 1.29 is 18.9 Å². The standard InChI is InChI=1S/C33H25ClN4O6S/c1-3-43-23-12-9-20(10-13-23)30-29(31(39)36-21-7-5-4-6-8-21)19(2)35-33-37(30)32(40)28(45-33)18-24-14-16-27(44-24)25-17-22(38(41)42)11-15-26(25)34/h4-18,30H,3H2,1-2H3,(H,36,39)/b28-18-/t30-/m0/s1. The van der Waals surface area contributed by atoms with E-state index < -0.39 is 11.0 Å². The molecular formula is C33H25ClN4O6S. The fourth-order valence-electron chi connectivity index (χ4n) is 5.08. The Hall–Kier alpha value is -5.26. The van der Waals surface area contributed by atoms with Gasteiger partial charge in [0, 0.05) is 29.5 Å². The summed E-state index contributed by atoms with van der Waals surface area (Å²) in [6.45, 7) is 4.14. The number of aromatic nitrogens is 1. The summed E-state index contributed by atoms with van der Waals surface area (Å²) in [5.74, 6) is 0.946. The number of benzene rings is 3. The molecule has 0 saturated carbocycles. The fraction of sp³-hybridized carbons (Fsp3) is 0.121. The third kappa shape index (κ3) is 5.95. The predicted molar refractivity (Wildman–Crippen MR) is 172 cm³/mol. The van der Waals surface area contributed by atoms with Crippen molar-refractivity contribution in [3.05, 3.63) is 142 Å². The maximum absolute atomic E-state index is 14.0. The van der Waals surface area contributed by atoms with Gasteiger partial charge in [0.05, 0.1) is 38.4 Å². The van der Waals surface area contributed by atoms with E-state index in [1.165, 1.54) is 22.8 Å². The Morgan fingerprint density at radius 3 is 2.60 bits per heavy atom. The first kappa shape index (κ1) is 29.8. The lowest BCUT2D eigenvalue weighted by Crippen LogP contribution is -2.40. The molecule has 45 heavy (non-hydrogen) atoms. The van der Waals surface area contributed by atoms with E-state index in [9.17, 15) is 19.7 Å². The molecule has 1 amide bonds. The number of nitrogens with one attached hydrogen (secondary N) is 1. The van der Waals surface area contributed by atoms with Crippen LogP contribution >= 0.6 is 22.9 Å². The van der Waals surface area contributed by atoms with Gasteiger partial charge in [-0.05, 0) is 61.9 Å². The highest BCUT2D eigenvalue weighted by atomic mass is 35.5. The number of carbonyl (C=O) groups excluding carboxylic acids is 1. The SMILES string of the molecule is CCOc1ccc([C@H]2C(C(=O)Nc3ccccc3)=C(C)N=c3s/c(=C\c4ccc(-c5cc([N+](=O)[O-])ccc5Cl)o4)c(=O)n32)cc1. The van der Waals surface area contributed by atoms with Gasteiger partial charge in [0.25, 0.3) is 17.2 Å². The highest BCUT2D eigenvalue weighted by Gasteiger charge is 2.32. The predicted octanol–water partition coefficient (Wildman–Crippen LogP) is 6.09. The molecule has 1 aliphatic rings.